The average molecular weight is 279 g/mol. The topological polar surface area (TPSA) is 43.4 Å². The molecule has 1 aromatic carbocycles. The number of halogens is 1. The van der Waals surface area contributed by atoms with E-state index in [9.17, 15) is 0 Å². The number of rotatable bonds is 5. The molecule has 1 heterocycles. The van der Waals surface area contributed by atoms with Crippen LogP contribution in [0.3, 0.4) is 0 Å². The second kappa shape index (κ2) is 6.29. The zero-order chi connectivity index (χ0) is 13.7. The van der Waals surface area contributed by atoms with Crippen LogP contribution in [-0.2, 0) is 6.61 Å². The molecule has 0 aliphatic rings. The first kappa shape index (κ1) is 13.5. The van der Waals surface area contributed by atoms with Crippen LogP contribution in [-0.4, -0.2) is 19.1 Å². The molecule has 0 aliphatic carbocycles. The van der Waals surface area contributed by atoms with Crippen LogP contribution in [0.5, 0.6) is 11.5 Å². The van der Waals surface area contributed by atoms with E-state index in [4.69, 9.17) is 21.1 Å². The summed E-state index contributed by atoms with van der Waals surface area (Å²) in [5, 5.41) is 3.56. The molecule has 5 heteroatoms. The predicted molar refractivity (Wildman–Crippen MR) is 76.1 cm³/mol. The first-order valence-corrected chi connectivity index (χ1v) is 6.20. The normalized spacial score (nSPS) is 10.1. The Morgan fingerprint density at radius 3 is 2.42 bits per heavy atom. The number of ether oxygens (including phenoxy) is 2. The zero-order valence-corrected chi connectivity index (χ0v) is 11.6. The van der Waals surface area contributed by atoms with Crippen molar-refractivity contribution in [2.45, 2.75) is 6.61 Å². The van der Waals surface area contributed by atoms with Gasteiger partial charge >= 0.3 is 0 Å². The maximum atomic E-state index is 6.08. The SMILES string of the molecule is CNc1ccc(Cl)c(COc2ccc(OC)cc2)n1. The molecule has 0 bridgehead atoms. The van der Waals surface area contributed by atoms with E-state index >= 15 is 0 Å². The Hall–Kier alpha value is -1.94. The summed E-state index contributed by atoms with van der Waals surface area (Å²) in [5.41, 5.74) is 0.698. The highest BCUT2D eigenvalue weighted by Crippen LogP contribution is 2.21. The third-order valence-electron chi connectivity index (χ3n) is 2.61. The molecule has 2 aromatic rings. The fraction of sp³-hybridized carbons (Fsp3) is 0.214. The van der Waals surface area contributed by atoms with Crippen molar-refractivity contribution in [1.82, 2.24) is 4.98 Å². The van der Waals surface area contributed by atoms with Crippen LogP contribution < -0.4 is 14.8 Å². The fourth-order valence-corrected chi connectivity index (χ4v) is 1.71. The molecule has 0 aliphatic heterocycles. The monoisotopic (exact) mass is 278 g/mol. The summed E-state index contributed by atoms with van der Waals surface area (Å²) in [6.07, 6.45) is 0. The summed E-state index contributed by atoms with van der Waals surface area (Å²) in [4.78, 5) is 4.35. The summed E-state index contributed by atoms with van der Waals surface area (Å²) in [5.74, 6) is 2.30. The van der Waals surface area contributed by atoms with E-state index < -0.39 is 0 Å². The second-order valence-electron chi connectivity index (χ2n) is 3.84. The van der Waals surface area contributed by atoms with E-state index in [-0.39, 0.29) is 0 Å². The summed E-state index contributed by atoms with van der Waals surface area (Å²) in [6.45, 7) is 0.320. The standard InChI is InChI=1S/C14H15ClN2O2/c1-16-14-8-7-12(15)13(17-14)9-19-11-5-3-10(18-2)4-6-11/h3-8H,9H2,1-2H3,(H,16,17). The van der Waals surface area contributed by atoms with Gasteiger partial charge in [0.25, 0.3) is 0 Å². The molecule has 0 fully saturated rings. The molecule has 2 rings (SSSR count). The molecule has 0 atom stereocenters. The molecule has 0 unspecified atom stereocenters. The lowest BCUT2D eigenvalue weighted by molar-refractivity contribution is 0.301. The van der Waals surface area contributed by atoms with Crippen molar-refractivity contribution >= 4 is 17.4 Å². The Kier molecular flexibility index (Phi) is 4.47. The van der Waals surface area contributed by atoms with Gasteiger partial charge in [-0.05, 0) is 36.4 Å². The zero-order valence-electron chi connectivity index (χ0n) is 10.8. The lowest BCUT2D eigenvalue weighted by Gasteiger charge is -2.09. The summed E-state index contributed by atoms with van der Waals surface area (Å²) in [6, 6.07) is 11.0. The average Bonchev–Trinajstić information content (AvgIpc) is 2.47. The van der Waals surface area contributed by atoms with Crippen LogP contribution in [0, 0.1) is 0 Å². The third-order valence-corrected chi connectivity index (χ3v) is 2.95. The lowest BCUT2D eigenvalue weighted by Crippen LogP contribution is -2.02. The van der Waals surface area contributed by atoms with Crippen LogP contribution in [0.1, 0.15) is 5.69 Å². The number of hydrogen-bond acceptors (Lipinski definition) is 4. The Morgan fingerprint density at radius 2 is 1.79 bits per heavy atom. The minimum absolute atomic E-state index is 0.320. The van der Waals surface area contributed by atoms with Gasteiger partial charge in [-0.15, -0.1) is 0 Å². The largest absolute Gasteiger partial charge is 0.497 e. The Morgan fingerprint density at radius 1 is 1.11 bits per heavy atom. The van der Waals surface area contributed by atoms with Gasteiger partial charge in [0.15, 0.2) is 0 Å². The molecular formula is C14H15ClN2O2. The van der Waals surface area contributed by atoms with Gasteiger partial charge in [0, 0.05) is 7.05 Å². The number of pyridine rings is 1. The van der Waals surface area contributed by atoms with Gasteiger partial charge in [0.1, 0.15) is 23.9 Å². The summed E-state index contributed by atoms with van der Waals surface area (Å²) in [7, 11) is 3.44. The van der Waals surface area contributed by atoms with Crippen LogP contribution >= 0.6 is 11.6 Å². The van der Waals surface area contributed by atoms with E-state index in [0.29, 0.717) is 17.3 Å². The van der Waals surface area contributed by atoms with Gasteiger partial charge in [-0.3, -0.25) is 0 Å². The number of nitrogens with zero attached hydrogens (tertiary/aromatic N) is 1. The van der Waals surface area contributed by atoms with Crippen molar-refractivity contribution in [2.75, 3.05) is 19.5 Å². The van der Waals surface area contributed by atoms with Gasteiger partial charge < -0.3 is 14.8 Å². The number of hydrogen-bond donors (Lipinski definition) is 1. The third kappa shape index (κ3) is 3.51. The van der Waals surface area contributed by atoms with E-state index in [1.807, 2.05) is 37.4 Å². The van der Waals surface area contributed by atoms with Crippen molar-refractivity contribution in [3.8, 4) is 11.5 Å². The van der Waals surface area contributed by atoms with Gasteiger partial charge in [-0.2, -0.15) is 0 Å². The number of anilines is 1. The number of benzene rings is 1. The van der Waals surface area contributed by atoms with E-state index in [1.165, 1.54) is 0 Å². The maximum Gasteiger partial charge on any atom is 0.132 e. The second-order valence-corrected chi connectivity index (χ2v) is 4.25. The highest BCUT2D eigenvalue weighted by atomic mass is 35.5. The first-order chi connectivity index (χ1) is 9.22. The minimum atomic E-state index is 0.320. The quantitative estimate of drug-likeness (QED) is 0.911. The summed E-state index contributed by atoms with van der Waals surface area (Å²) >= 11 is 6.08. The number of nitrogens with one attached hydrogen (secondary N) is 1. The van der Waals surface area contributed by atoms with Gasteiger partial charge in [-0.25, -0.2) is 4.98 Å². The van der Waals surface area contributed by atoms with Crippen molar-refractivity contribution in [1.29, 1.82) is 0 Å². The molecule has 100 valence electrons. The molecule has 0 radical (unpaired) electrons. The van der Waals surface area contributed by atoms with Crippen LogP contribution in [0.25, 0.3) is 0 Å². The first-order valence-electron chi connectivity index (χ1n) is 5.83. The Bertz CT molecular complexity index is 544. The smallest absolute Gasteiger partial charge is 0.132 e. The Labute approximate surface area is 117 Å². The predicted octanol–water partition coefficient (Wildman–Crippen LogP) is 3.36. The fourth-order valence-electron chi connectivity index (χ4n) is 1.55. The molecule has 19 heavy (non-hydrogen) atoms. The molecule has 0 amide bonds. The van der Waals surface area contributed by atoms with Crippen LogP contribution in [0.15, 0.2) is 36.4 Å². The van der Waals surface area contributed by atoms with E-state index in [0.717, 1.165) is 17.3 Å². The molecule has 1 N–H and O–H groups in total. The van der Waals surface area contributed by atoms with Gasteiger partial charge in [-0.1, -0.05) is 11.6 Å². The highest BCUT2D eigenvalue weighted by Gasteiger charge is 2.05. The molecule has 0 saturated heterocycles. The maximum absolute atomic E-state index is 6.08. The molecule has 4 nitrogen and oxygen atoms in total. The van der Waals surface area contributed by atoms with E-state index in [1.54, 1.807) is 13.2 Å². The number of aromatic nitrogens is 1. The van der Waals surface area contributed by atoms with Gasteiger partial charge in [0.2, 0.25) is 0 Å². The van der Waals surface area contributed by atoms with E-state index in [2.05, 4.69) is 10.3 Å². The summed E-state index contributed by atoms with van der Waals surface area (Å²) < 4.78 is 10.7. The Balaban J connectivity index is 2.05. The van der Waals surface area contributed by atoms with Crippen molar-refractivity contribution in [3.63, 3.8) is 0 Å². The molecular weight excluding hydrogens is 264 g/mol. The van der Waals surface area contributed by atoms with Crippen molar-refractivity contribution in [3.05, 3.63) is 47.1 Å². The highest BCUT2D eigenvalue weighted by molar-refractivity contribution is 6.31. The van der Waals surface area contributed by atoms with Crippen molar-refractivity contribution < 1.29 is 9.47 Å². The lowest BCUT2D eigenvalue weighted by atomic mass is 10.3. The molecule has 0 spiro atoms. The minimum Gasteiger partial charge on any atom is -0.497 e. The van der Waals surface area contributed by atoms with Crippen molar-refractivity contribution in [2.24, 2.45) is 0 Å². The van der Waals surface area contributed by atoms with Gasteiger partial charge in [0.05, 0.1) is 17.8 Å². The van der Waals surface area contributed by atoms with Crippen LogP contribution in [0.4, 0.5) is 5.82 Å². The van der Waals surface area contributed by atoms with Crippen LogP contribution in [0.2, 0.25) is 5.02 Å². The number of methoxy groups -OCH3 is 1. The molecule has 1 aromatic heterocycles. The molecule has 0 saturated carbocycles.